The van der Waals surface area contributed by atoms with Gasteiger partial charge in [-0.3, -0.25) is 0 Å². The molecule has 1 atom stereocenters. The lowest BCUT2D eigenvalue weighted by atomic mass is 9.95. The molecule has 21 heavy (non-hydrogen) atoms. The van der Waals surface area contributed by atoms with E-state index in [0.29, 0.717) is 5.92 Å². The van der Waals surface area contributed by atoms with Crippen molar-refractivity contribution in [2.75, 3.05) is 6.54 Å². The van der Waals surface area contributed by atoms with Crippen molar-refractivity contribution in [2.45, 2.75) is 46.1 Å². The quantitative estimate of drug-likeness (QED) is 0.658. The third-order valence-electron chi connectivity index (χ3n) is 3.77. The van der Waals surface area contributed by atoms with Crippen LogP contribution in [0, 0.1) is 6.92 Å². The van der Waals surface area contributed by atoms with Crippen LogP contribution in [-0.2, 0) is 0 Å². The van der Waals surface area contributed by atoms with E-state index in [4.69, 9.17) is 0 Å². The van der Waals surface area contributed by atoms with E-state index in [2.05, 4.69) is 79.3 Å². The Morgan fingerprint density at radius 3 is 2.24 bits per heavy atom. The lowest BCUT2D eigenvalue weighted by Crippen LogP contribution is -2.23. The van der Waals surface area contributed by atoms with Crippen molar-refractivity contribution in [3.8, 4) is 0 Å². The van der Waals surface area contributed by atoms with Crippen molar-refractivity contribution < 1.29 is 0 Å². The smallest absolute Gasteiger partial charge is 0.0704 e. The minimum Gasteiger partial charge on any atom is -0.306 e. The van der Waals surface area contributed by atoms with Crippen molar-refractivity contribution in [1.82, 2.24) is 5.32 Å². The molecule has 3 heteroatoms. The zero-order chi connectivity index (χ0) is 15.4. The van der Waals surface area contributed by atoms with Crippen LogP contribution < -0.4 is 5.32 Å². The van der Waals surface area contributed by atoms with E-state index >= 15 is 0 Å². The van der Waals surface area contributed by atoms with Gasteiger partial charge in [0.05, 0.1) is 9.83 Å². The largest absolute Gasteiger partial charge is 0.306 e. The lowest BCUT2D eigenvalue weighted by Gasteiger charge is -2.20. The number of hydrogen-bond acceptors (Lipinski definition) is 2. The Hall–Kier alpha value is -0.640. The first-order valence-electron chi connectivity index (χ1n) is 7.62. The van der Waals surface area contributed by atoms with Gasteiger partial charge < -0.3 is 5.32 Å². The second-order valence-electron chi connectivity index (χ2n) is 5.77. The van der Waals surface area contributed by atoms with Gasteiger partial charge in [-0.25, -0.2) is 0 Å². The van der Waals surface area contributed by atoms with Gasteiger partial charge in [-0.2, -0.15) is 0 Å². The fourth-order valence-corrected chi connectivity index (χ4v) is 4.26. The molecule has 1 heterocycles. The summed E-state index contributed by atoms with van der Waals surface area (Å²) < 4.78 is 1.21. The molecule has 0 aliphatic rings. The molecule has 0 saturated carbocycles. The SMILES string of the molecule is CCCNC(c1ccc(C(C)C)cc1)c1cc(Br)sc1C. The zero-order valence-corrected chi connectivity index (χ0v) is 15.6. The Morgan fingerprint density at radius 1 is 1.14 bits per heavy atom. The zero-order valence-electron chi connectivity index (χ0n) is 13.2. The molecular formula is C18H24BrNS. The highest BCUT2D eigenvalue weighted by Crippen LogP contribution is 2.34. The average Bonchev–Trinajstić information content (AvgIpc) is 2.79. The summed E-state index contributed by atoms with van der Waals surface area (Å²) in [6.07, 6.45) is 1.14. The molecule has 0 aliphatic carbocycles. The van der Waals surface area contributed by atoms with E-state index in [9.17, 15) is 0 Å². The first-order valence-corrected chi connectivity index (χ1v) is 9.23. The van der Waals surface area contributed by atoms with Gasteiger partial charge in [-0.15, -0.1) is 11.3 Å². The summed E-state index contributed by atoms with van der Waals surface area (Å²) in [5, 5.41) is 3.69. The fraction of sp³-hybridized carbons (Fsp3) is 0.444. The van der Waals surface area contributed by atoms with E-state index < -0.39 is 0 Å². The van der Waals surface area contributed by atoms with Crippen molar-refractivity contribution in [1.29, 1.82) is 0 Å². The summed E-state index contributed by atoms with van der Waals surface area (Å²) in [6, 6.07) is 11.6. The number of nitrogens with one attached hydrogen (secondary N) is 1. The molecule has 2 rings (SSSR count). The van der Waals surface area contributed by atoms with Crippen LogP contribution in [0.3, 0.4) is 0 Å². The summed E-state index contributed by atoms with van der Waals surface area (Å²) in [7, 11) is 0. The Balaban J connectivity index is 2.33. The Morgan fingerprint density at radius 2 is 1.76 bits per heavy atom. The summed E-state index contributed by atoms with van der Waals surface area (Å²) >= 11 is 5.42. The number of halogens is 1. The molecule has 1 aromatic carbocycles. The van der Waals surface area contributed by atoms with Crippen LogP contribution in [0.15, 0.2) is 34.1 Å². The highest BCUT2D eigenvalue weighted by atomic mass is 79.9. The molecule has 2 aromatic rings. The van der Waals surface area contributed by atoms with Gasteiger partial charge in [0.25, 0.3) is 0 Å². The molecule has 1 N–H and O–H groups in total. The molecule has 1 unspecified atom stereocenters. The number of rotatable bonds is 6. The number of benzene rings is 1. The first kappa shape index (κ1) is 16.7. The van der Waals surface area contributed by atoms with E-state index in [0.717, 1.165) is 13.0 Å². The van der Waals surface area contributed by atoms with E-state index in [1.54, 1.807) is 0 Å². The second-order valence-corrected chi connectivity index (χ2v) is 8.41. The van der Waals surface area contributed by atoms with E-state index in [1.807, 2.05) is 11.3 Å². The van der Waals surface area contributed by atoms with Crippen LogP contribution in [0.2, 0.25) is 0 Å². The van der Waals surface area contributed by atoms with Gasteiger partial charge in [-0.05, 0) is 64.5 Å². The van der Waals surface area contributed by atoms with E-state index in [1.165, 1.54) is 25.4 Å². The molecule has 0 saturated heterocycles. The first-order chi connectivity index (χ1) is 10.0. The van der Waals surface area contributed by atoms with Crippen LogP contribution >= 0.6 is 27.3 Å². The molecule has 1 nitrogen and oxygen atoms in total. The molecule has 1 aromatic heterocycles. The number of hydrogen-bond donors (Lipinski definition) is 1. The third-order valence-corrected chi connectivity index (χ3v) is 5.34. The van der Waals surface area contributed by atoms with Crippen LogP contribution in [-0.4, -0.2) is 6.54 Å². The average molecular weight is 366 g/mol. The number of thiophene rings is 1. The predicted octanol–water partition coefficient (Wildman–Crippen LogP) is 6.03. The van der Waals surface area contributed by atoms with Crippen molar-refractivity contribution in [3.05, 3.63) is 55.7 Å². The van der Waals surface area contributed by atoms with Gasteiger partial charge in [0.1, 0.15) is 0 Å². The second kappa shape index (κ2) is 7.57. The Labute approximate surface area is 140 Å². The highest BCUT2D eigenvalue weighted by molar-refractivity contribution is 9.11. The van der Waals surface area contributed by atoms with Crippen LogP contribution in [0.25, 0.3) is 0 Å². The molecule has 0 bridgehead atoms. The normalized spacial score (nSPS) is 12.9. The third kappa shape index (κ3) is 4.18. The van der Waals surface area contributed by atoms with Crippen molar-refractivity contribution in [2.24, 2.45) is 0 Å². The summed E-state index contributed by atoms with van der Waals surface area (Å²) in [5.74, 6) is 0.582. The molecular weight excluding hydrogens is 342 g/mol. The molecule has 0 amide bonds. The minimum absolute atomic E-state index is 0.286. The van der Waals surface area contributed by atoms with Crippen LogP contribution in [0.5, 0.6) is 0 Å². The molecule has 0 fully saturated rings. The van der Waals surface area contributed by atoms with Gasteiger partial charge in [-0.1, -0.05) is 45.0 Å². The van der Waals surface area contributed by atoms with Gasteiger partial charge in [0.15, 0.2) is 0 Å². The summed E-state index contributed by atoms with van der Waals surface area (Å²) in [6.45, 7) is 9.92. The Bertz CT molecular complexity index is 571. The number of aryl methyl sites for hydroxylation is 1. The van der Waals surface area contributed by atoms with Gasteiger partial charge >= 0.3 is 0 Å². The monoisotopic (exact) mass is 365 g/mol. The summed E-state index contributed by atoms with van der Waals surface area (Å²) in [5.41, 5.74) is 4.13. The lowest BCUT2D eigenvalue weighted by molar-refractivity contribution is 0.597. The maximum absolute atomic E-state index is 3.69. The predicted molar refractivity (Wildman–Crippen MR) is 97.4 cm³/mol. The fourth-order valence-electron chi connectivity index (χ4n) is 2.51. The maximum atomic E-state index is 3.69. The molecule has 0 aliphatic heterocycles. The summed E-state index contributed by atoms with van der Waals surface area (Å²) in [4.78, 5) is 1.38. The van der Waals surface area contributed by atoms with Crippen LogP contribution in [0.1, 0.15) is 60.7 Å². The van der Waals surface area contributed by atoms with Gasteiger partial charge in [0, 0.05) is 4.88 Å². The maximum Gasteiger partial charge on any atom is 0.0704 e. The van der Waals surface area contributed by atoms with Crippen molar-refractivity contribution in [3.63, 3.8) is 0 Å². The van der Waals surface area contributed by atoms with Crippen LogP contribution in [0.4, 0.5) is 0 Å². The molecule has 0 radical (unpaired) electrons. The Kier molecular flexibility index (Phi) is 6.03. The molecule has 114 valence electrons. The molecule has 0 spiro atoms. The standard InChI is InChI=1S/C18H24BrNS/c1-5-10-20-18(16-11-17(19)21-13(16)4)15-8-6-14(7-9-15)12(2)3/h6-9,11-12,18,20H,5,10H2,1-4H3. The topological polar surface area (TPSA) is 12.0 Å². The van der Waals surface area contributed by atoms with Crippen molar-refractivity contribution >= 4 is 27.3 Å². The van der Waals surface area contributed by atoms with Gasteiger partial charge in [0.2, 0.25) is 0 Å². The highest BCUT2D eigenvalue weighted by Gasteiger charge is 2.18. The minimum atomic E-state index is 0.286. The van der Waals surface area contributed by atoms with E-state index in [-0.39, 0.29) is 6.04 Å².